The van der Waals surface area contributed by atoms with Crippen molar-refractivity contribution in [1.29, 1.82) is 0 Å². The fourth-order valence-corrected chi connectivity index (χ4v) is 1.61. The van der Waals surface area contributed by atoms with Crippen LogP contribution in [-0.2, 0) is 0 Å². The van der Waals surface area contributed by atoms with E-state index in [2.05, 4.69) is 26.4 Å². The van der Waals surface area contributed by atoms with Crippen molar-refractivity contribution in [2.75, 3.05) is 6.61 Å². The van der Waals surface area contributed by atoms with Crippen LogP contribution in [0, 0.1) is 5.92 Å². The molecular weight excluding hydrogens is 284 g/mol. The van der Waals surface area contributed by atoms with E-state index < -0.39 is 0 Å². The zero-order valence-electron chi connectivity index (χ0n) is 9.89. The van der Waals surface area contributed by atoms with Crippen LogP contribution < -0.4 is 5.48 Å². The zero-order valence-corrected chi connectivity index (χ0v) is 11.5. The number of aliphatic hydroxyl groups is 1. The van der Waals surface area contributed by atoms with E-state index in [-0.39, 0.29) is 18.6 Å². The van der Waals surface area contributed by atoms with E-state index in [0.717, 1.165) is 10.0 Å². The number of rotatable bonds is 4. The summed E-state index contributed by atoms with van der Waals surface area (Å²) in [6.45, 7) is 3.90. The molecule has 1 aromatic rings. The molecular formula is C12H17BrN2O2. The fraction of sp³-hybridized carbons (Fsp3) is 0.417. The predicted molar refractivity (Wildman–Crippen MR) is 71.3 cm³/mol. The van der Waals surface area contributed by atoms with Gasteiger partial charge in [0.2, 0.25) is 0 Å². The molecule has 17 heavy (non-hydrogen) atoms. The number of halogens is 1. The Bertz CT molecular complexity index is 377. The average Bonchev–Trinajstić information content (AvgIpc) is 2.32. The van der Waals surface area contributed by atoms with Gasteiger partial charge >= 0.3 is 0 Å². The summed E-state index contributed by atoms with van der Waals surface area (Å²) in [5, 5.41) is 18.3. The van der Waals surface area contributed by atoms with Crippen LogP contribution in [0.2, 0.25) is 0 Å². The largest absolute Gasteiger partial charge is 0.394 e. The van der Waals surface area contributed by atoms with Gasteiger partial charge in [-0.05, 0) is 18.1 Å². The van der Waals surface area contributed by atoms with Gasteiger partial charge in [0, 0.05) is 10.0 Å². The van der Waals surface area contributed by atoms with Crippen LogP contribution in [-0.4, -0.2) is 28.8 Å². The summed E-state index contributed by atoms with van der Waals surface area (Å²) in [6, 6.07) is 7.17. The van der Waals surface area contributed by atoms with E-state index in [4.69, 9.17) is 5.21 Å². The Morgan fingerprint density at radius 1 is 1.35 bits per heavy atom. The molecule has 0 bridgehead atoms. The molecule has 0 aliphatic carbocycles. The van der Waals surface area contributed by atoms with Gasteiger partial charge in [-0.3, -0.25) is 15.7 Å². The van der Waals surface area contributed by atoms with E-state index in [0.29, 0.717) is 5.84 Å². The first-order valence-corrected chi connectivity index (χ1v) is 6.22. The Labute approximate surface area is 109 Å². The zero-order chi connectivity index (χ0) is 12.8. The molecule has 5 heteroatoms. The van der Waals surface area contributed by atoms with Gasteiger partial charge in [0.25, 0.3) is 0 Å². The quantitative estimate of drug-likeness (QED) is 0.454. The summed E-state index contributed by atoms with van der Waals surface area (Å²) in [7, 11) is 0. The maximum Gasteiger partial charge on any atom is 0.152 e. The summed E-state index contributed by atoms with van der Waals surface area (Å²) in [5.41, 5.74) is 2.85. The minimum Gasteiger partial charge on any atom is -0.394 e. The molecule has 3 N–H and O–H groups in total. The highest BCUT2D eigenvalue weighted by atomic mass is 79.9. The summed E-state index contributed by atoms with van der Waals surface area (Å²) in [5.74, 6) is 0.573. The molecule has 0 saturated heterocycles. The Kier molecular flexibility index (Phi) is 5.61. The lowest BCUT2D eigenvalue weighted by Crippen LogP contribution is -2.27. The number of aliphatic imine (C=N–C) groups is 1. The van der Waals surface area contributed by atoms with Crippen molar-refractivity contribution < 1.29 is 10.3 Å². The fourth-order valence-electron chi connectivity index (χ4n) is 1.34. The number of hydroxylamine groups is 1. The molecule has 0 fully saturated rings. The highest BCUT2D eigenvalue weighted by Gasteiger charge is 2.12. The van der Waals surface area contributed by atoms with E-state index in [1.807, 2.05) is 38.1 Å². The van der Waals surface area contributed by atoms with Crippen LogP contribution in [0.4, 0.5) is 0 Å². The molecule has 0 spiro atoms. The maximum atomic E-state index is 9.21. The number of aliphatic hydroxyl groups excluding tert-OH is 1. The molecule has 0 radical (unpaired) electrons. The van der Waals surface area contributed by atoms with Gasteiger partial charge in [-0.2, -0.15) is 0 Å². The minimum atomic E-state index is -0.228. The Hall–Kier alpha value is -0.910. The van der Waals surface area contributed by atoms with Crippen molar-refractivity contribution >= 4 is 21.8 Å². The Balaban J connectivity index is 2.97. The smallest absolute Gasteiger partial charge is 0.152 e. The van der Waals surface area contributed by atoms with Crippen molar-refractivity contribution in [1.82, 2.24) is 5.48 Å². The molecule has 4 nitrogen and oxygen atoms in total. The van der Waals surface area contributed by atoms with Gasteiger partial charge in [-0.25, -0.2) is 0 Å². The number of amidine groups is 1. The van der Waals surface area contributed by atoms with Crippen molar-refractivity contribution in [3.05, 3.63) is 34.3 Å². The Morgan fingerprint density at radius 2 is 1.94 bits per heavy atom. The molecule has 94 valence electrons. The normalized spacial score (nSPS) is 13.9. The van der Waals surface area contributed by atoms with E-state index in [1.54, 1.807) is 0 Å². The standard InChI is InChI=1S/C12H17BrN2O2/c1-8(2)11(7-16)14-12(15-17)9-3-5-10(13)6-4-9/h3-6,8,11,16-17H,7H2,1-2H3,(H,14,15). The van der Waals surface area contributed by atoms with Crippen LogP contribution in [0.1, 0.15) is 19.4 Å². The molecule has 1 aromatic carbocycles. The van der Waals surface area contributed by atoms with Crippen LogP contribution in [0.3, 0.4) is 0 Å². The number of hydrogen-bond donors (Lipinski definition) is 3. The Morgan fingerprint density at radius 3 is 2.35 bits per heavy atom. The van der Waals surface area contributed by atoms with Crippen LogP contribution >= 0.6 is 15.9 Å². The lowest BCUT2D eigenvalue weighted by molar-refractivity contribution is 0.224. The predicted octanol–water partition coefficient (Wildman–Crippen LogP) is 2.19. The second-order valence-electron chi connectivity index (χ2n) is 4.09. The number of benzene rings is 1. The number of nitrogens with one attached hydrogen (secondary N) is 1. The first kappa shape index (κ1) is 14.2. The van der Waals surface area contributed by atoms with Gasteiger partial charge in [0.1, 0.15) is 0 Å². The van der Waals surface area contributed by atoms with E-state index in [1.165, 1.54) is 0 Å². The second kappa shape index (κ2) is 6.74. The minimum absolute atomic E-state index is 0.0423. The summed E-state index contributed by atoms with van der Waals surface area (Å²) in [4.78, 5) is 4.30. The monoisotopic (exact) mass is 300 g/mol. The van der Waals surface area contributed by atoms with Crippen molar-refractivity contribution in [3.8, 4) is 0 Å². The van der Waals surface area contributed by atoms with E-state index >= 15 is 0 Å². The molecule has 0 saturated carbocycles. The van der Waals surface area contributed by atoms with Crippen LogP contribution in [0.15, 0.2) is 33.7 Å². The lowest BCUT2D eigenvalue weighted by Gasteiger charge is -2.15. The molecule has 1 atom stereocenters. The molecule has 0 aliphatic rings. The van der Waals surface area contributed by atoms with Gasteiger partial charge in [0.05, 0.1) is 12.6 Å². The van der Waals surface area contributed by atoms with Crippen molar-refractivity contribution in [2.45, 2.75) is 19.9 Å². The average molecular weight is 301 g/mol. The summed E-state index contributed by atoms with van der Waals surface area (Å²) in [6.07, 6.45) is 0. The maximum absolute atomic E-state index is 9.21. The third-order valence-electron chi connectivity index (χ3n) is 2.48. The van der Waals surface area contributed by atoms with Gasteiger partial charge < -0.3 is 5.11 Å². The molecule has 0 aliphatic heterocycles. The molecule has 1 unspecified atom stereocenters. The summed E-state index contributed by atoms with van der Waals surface area (Å²) < 4.78 is 0.959. The number of hydrogen-bond acceptors (Lipinski definition) is 3. The van der Waals surface area contributed by atoms with Gasteiger partial charge in [-0.15, -0.1) is 0 Å². The number of nitrogens with zero attached hydrogens (tertiary/aromatic N) is 1. The molecule has 0 heterocycles. The summed E-state index contributed by atoms with van der Waals surface area (Å²) >= 11 is 3.34. The first-order valence-electron chi connectivity index (χ1n) is 5.43. The van der Waals surface area contributed by atoms with Gasteiger partial charge in [0.15, 0.2) is 5.84 Å². The van der Waals surface area contributed by atoms with Gasteiger partial charge in [-0.1, -0.05) is 41.9 Å². The van der Waals surface area contributed by atoms with Crippen molar-refractivity contribution in [3.63, 3.8) is 0 Å². The van der Waals surface area contributed by atoms with E-state index in [9.17, 15) is 5.11 Å². The second-order valence-corrected chi connectivity index (χ2v) is 5.01. The van der Waals surface area contributed by atoms with Crippen molar-refractivity contribution in [2.24, 2.45) is 10.9 Å². The highest BCUT2D eigenvalue weighted by molar-refractivity contribution is 9.10. The SMILES string of the molecule is CC(C)C(CO)N=C(NO)c1ccc(Br)cc1. The van der Waals surface area contributed by atoms with Crippen LogP contribution in [0.25, 0.3) is 0 Å². The lowest BCUT2D eigenvalue weighted by atomic mass is 10.1. The van der Waals surface area contributed by atoms with Crippen LogP contribution in [0.5, 0.6) is 0 Å². The molecule has 1 rings (SSSR count). The topological polar surface area (TPSA) is 64.9 Å². The third-order valence-corrected chi connectivity index (χ3v) is 3.00. The highest BCUT2D eigenvalue weighted by Crippen LogP contribution is 2.12. The first-order chi connectivity index (χ1) is 8.08. The molecule has 0 aromatic heterocycles. The molecule has 0 amide bonds. The third kappa shape index (κ3) is 4.11.